The normalized spacial score (nSPS) is 18.6. The van der Waals surface area contributed by atoms with E-state index >= 15 is 0 Å². The zero-order chi connectivity index (χ0) is 14.4. The molecule has 1 fully saturated rings. The summed E-state index contributed by atoms with van der Waals surface area (Å²) in [5, 5.41) is 10.9. The first-order valence-electron chi connectivity index (χ1n) is 7.37. The van der Waals surface area contributed by atoms with Crippen molar-refractivity contribution in [3.63, 3.8) is 0 Å². The maximum absolute atomic E-state index is 8.80. The Morgan fingerprint density at radius 1 is 1.35 bits per heavy atom. The van der Waals surface area contributed by atoms with Crippen LogP contribution >= 0.6 is 11.3 Å². The molecule has 3 nitrogen and oxygen atoms in total. The summed E-state index contributed by atoms with van der Waals surface area (Å²) in [5.41, 5.74) is 1.08. The Morgan fingerprint density at radius 2 is 2.10 bits per heavy atom. The van der Waals surface area contributed by atoms with E-state index < -0.39 is 0 Å². The summed E-state index contributed by atoms with van der Waals surface area (Å²) in [6.45, 7) is 10.1. The maximum atomic E-state index is 8.80. The molecule has 0 spiro atoms. The highest BCUT2D eigenvalue weighted by molar-refractivity contribution is 7.10. The zero-order valence-electron chi connectivity index (χ0n) is 12.4. The number of thiophene rings is 1. The zero-order valence-corrected chi connectivity index (χ0v) is 13.2. The molecule has 1 atom stereocenters. The van der Waals surface area contributed by atoms with Crippen LogP contribution in [0.1, 0.15) is 30.7 Å². The second-order valence-electron chi connectivity index (χ2n) is 5.29. The summed E-state index contributed by atoms with van der Waals surface area (Å²) in [6, 6.07) is 2.75. The number of aliphatic hydroxyl groups is 1. The van der Waals surface area contributed by atoms with Gasteiger partial charge in [-0.05, 0) is 24.8 Å². The van der Waals surface area contributed by atoms with E-state index in [4.69, 9.17) is 5.11 Å². The fourth-order valence-electron chi connectivity index (χ4n) is 2.53. The lowest BCUT2D eigenvalue weighted by Crippen LogP contribution is -2.48. The van der Waals surface area contributed by atoms with E-state index in [2.05, 4.69) is 46.9 Å². The van der Waals surface area contributed by atoms with E-state index in [-0.39, 0.29) is 6.61 Å². The summed E-state index contributed by atoms with van der Waals surface area (Å²) >= 11 is 1.77. The lowest BCUT2D eigenvalue weighted by molar-refractivity contribution is 0.0969. The van der Waals surface area contributed by atoms with Gasteiger partial charge in [-0.3, -0.25) is 9.80 Å². The molecule has 0 aromatic carbocycles. The van der Waals surface area contributed by atoms with Gasteiger partial charge in [0.25, 0.3) is 0 Å². The van der Waals surface area contributed by atoms with Crippen molar-refractivity contribution in [1.29, 1.82) is 0 Å². The minimum absolute atomic E-state index is 0.0666. The first-order valence-corrected chi connectivity index (χ1v) is 8.25. The summed E-state index contributed by atoms with van der Waals surface area (Å²) in [5.74, 6) is 5.79. The molecule has 1 aromatic rings. The van der Waals surface area contributed by atoms with Gasteiger partial charge in [0.1, 0.15) is 6.61 Å². The third kappa shape index (κ3) is 4.07. The fraction of sp³-hybridized carbons (Fsp3) is 0.625. The molecule has 0 bridgehead atoms. The van der Waals surface area contributed by atoms with E-state index in [1.807, 2.05) is 0 Å². The molecule has 110 valence electrons. The standard InChI is InChI=1S/C16H24N2OS/c1-3-14(2)18-9-7-17(8-10-18)13-16-15(5-4-11-19)6-12-20-16/h6,12,14,19H,3,7-11,13H2,1-2H3. The third-order valence-corrected chi connectivity index (χ3v) is 4.94. The number of piperazine rings is 1. The lowest BCUT2D eigenvalue weighted by atomic mass is 10.2. The van der Waals surface area contributed by atoms with Crippen LogP contribution in [0.25, 0.3) is 0 Å². The first-order chi connectivity index (χ1) is 9.74. The molecule has 0 saturated carbocycles. The molecule has 0 aliphatic carbocycles. The van der Waals surface area contributed by atoms with Crippen molar-refractivity contribution >= 4 is 11.3 Å². The molecule has 0 radical (unpaired) electrons. The highest BCUT2D eigenvalue weighted by atomic mass is 32.1. The Labute approximate surface area is 126 Å². The minimum atomic E-state index is -0.0666. The molecule has 1 aromatic heterocycles. The fourth-order valence-corrected chi connectivity index (χ4v) is 3.40. The van der Waals surface area contributed by atoms with E-state index in [0.29, 0.717) is 6.04 Å². The number of nitrogens with zero attached hydrogens (tertiary/aromatic N) is 2. The van der Waals surface area contributed by atoms with Crippen LogP contribution in [-0.4, -0.2) is 53.7 Å². The average Bonchev–Trinajstić information content (AvgIpc) is 2.92. The maximum Gasteiger partial charge on any atom is 0.104 e. The van der Waals surface area contributed by atoms with Crippen molar-refractivity contribution < 1.29 is 5.11 Å². The molecule has 20 heavy (non-hydrogen) atoms. The topological polar surface area (TPSA) is 26.7 Å². The van der Waals surface area contributed by atoms with Crippen LogP contribution in [0.3, 0.4) is 0 Å². The second-order valence-corrected chi connectivity index (χ2v) is 6.29. The second kappa shape index (κ2) is 7.80. The summed E-state index contributed by atoms with van der Waals surface area (Å²) < 4.78 is 0. The van der Waals surface area contributed by atoms with Gasteiger partial charge in [-0.25, -0.2) is 0 Å². The SMILES string of the molecule is CCC(C)N1CCN(Cc2sccc2C#CCO)CC1. The summed E-state index contributed by atoms with van der Waals surface area (Å²) in [6.07, 6.45) is 1.23. The molecular formula is C16H24N2OS. The highest BCUT2D eigenvalue weighted by Gasteiger charge is 2.20. The van der Waals surface area contributed by atoms with Crippen molar-refractivity contribution in [2.24, 2.45) is 0 Å². The number of rotatable bonds is 4. The van der Waals surface area contributed by atoms with Crippen LogP contribution in [0.5, 0.6) is 0 Å². The Hall–Kier alpha value is -0.860. The van der Waals surface area contributed by atoms with Gasteiger partial charge in [0, 0.05) is 49.2 Å². The van der Waals surface area contributed by atoms with Crippen LogP contribution < -0.4 is 0 Å². The number of hydrogen-bond donors (Lipinski definition) is 1. The minimum Gasteiger partial charge on any atom is -0.384 e. The van der Waals surface area contributed by atoms with Crippen LogP contribution in [0.2, 0.25) is 0 Å². The molecule has 2 heterocycles. The smallest absolute Gasteiger partial charge is 0.104 e. The van der Waals surface area contributed by atoms with E-state index in [1.165, 1.54) is 11.3 Å². The van der Waals surface area contributed by atoms with Crippen LogP contribution in [0.4, 0.5) is 0 Å². The predicted octanol–water partition coefficient (Wildman–Crippen LogP) is 2.01. The summed E-state index contributed by atoms with van der Waals surface area (Å²) in [4.78, 5) is 6.41. The van der Waals surface area contributed by atoms with Crippen molar-refractivity contribution in [3.05, 3.63) is 21.9 Å². The molecule has 4 heteroatoms. The Balaban J connectivity index is 1.88. The van der Waals surface area contributed by atoms with Crippen LogP contribution in [0, 0.1) is 11.8 Å². The molecule has 1 N–H and O–H groups in total. The van der Waals surface area contributed by atoms with Gasteiger partial charge in [0.15, 0.2) is 0 Å². The molecule has 1 aliphatic heterocycles. The monoisotopic (exact) mass is 292 g/mol. The quantitative estimate of drug-likeness (QED) is 0.860. The highest BCUT2D eigenvalue weighted by Crippen LogP contribution is 2.19. The average molecular weight is 292 g/mol. The molecule has 1 saturated heterocycles. The molecule has 1 unspecified atom stereocenters. The van der Waals surface area contributed by atoms with Gasteiger partial charge in [0.2, 0.25) is 0 Å². The number of aliphatic hydroxyl groups excluding tert-OH is 1. The molecule has 0 amide bonds. The van der Waals surface area contributed by atoms with E-state index in [1.54, 1.807) is 11.3 Å². The van der Waals surface area contributed by atoms with Gasteiger partial charge in [-0.1, -0.05) is 18.8 Å². The van der Waals surface area contributed by atoms with Crippen molar-refractivity contribution in [3.8, 4) is 11.8 Å². The van der Waals surface area contributed by atoms with Crippen molar-refractivity contribution in [1.82, 2.24) is 9.80 Å². The van der Waals surface area contributed by atoms with Gasteiger partial charge in [-0.2, -0.15) is 0 Å². The van der Waals surface area contributed by atoms with Gasteiger partial charge >= 0.3 is 0 Å². The Morgan fingerprint density at radius 3 is 2.75 bits per heavy atom. The predicted molar refractivity (Wildman–Crippen MR) is 84.9 cm³/mol. The van der Waals surface area contributed by atoms with Gasteiger partial charge < -0.3 is 5.11 Å². The lowest BCUT2D eigenvalue weighted by Gasteiger charge is -2.37. The van der Waals surface area contributed by atoms with Gasteiger partial charge in [-0.15, -0.1) is 11.3 Å². The van der Waals surface area contributed by atoms with Crippen LogP contribution in [0.15, 0.2) is 11.4 Å². The molecule has 2 rings (SSSR count). The van der Waals surface area contributed by atoms with Gasteiger partial charge in [0.05, 0.1) is 0 Å². The summed E-state index contributed by atoms with van der Waals surface area (Å²) in [7, 11) is 0. The third-order valence-electron chi connectivity index (χ3n) is 4.04. The largest absolute Gasteiger partial charge is 0.384 e. The van der Waals surface area contributed by atoms with Crippen molar-refractivity contribution in [2.45, 2.75) is 32.9 Å². The molecular weight excluding hydrogens is 268 g/mol. The van der Waals surface area contributed by atoms with E-state index in [9.17, 15) is 0 Å². The van der Waals surface area contributed by atoms with Crippen molar-refractivity contribution in [2.75, 3.05) is 32.8 Å². The Kier molecular flexibility index (Phi) is 6.06. The molecule has 1 aliphatic rings. The first kappa shape index (κ1) is 15.5. The van der Waals surface area contributed by atoms with Crippen LogP contribution in [-0.2, 0) is 6.54 Å². The Bertz CT molecular complexity index is 466. The van der Waals surface area contributed by atoms with E-state index in [0.717, 1.165) is 38.3 Å². The number of hydrogen-bond acceptors (Lipinski definition) is 4.